The molecule has 1 aromatic carbocycles. The van der Waals surface area contributed by atoms with Crippen molar-refractivity contribution < 1.29 is 4.52 Å². The summed E-state index contributed by atoms with van der Waals surface area (Å²) in [6.07, 6.45) is 6.73. The van der Waals surface area contributed by atoms with E-state index in [0.717, 1.165) is 11.0 Å². The van der Waals surface area contributed by atoms with E-state index in [2.05, 4.69) is 31.2 Å². The Kier molecular flexibility index (Phi) is 2.57. The largest absolute Gasteiger partial charge is 0.365 e. The standard InChI is InChI=1S/C9H9N3.C3H3NO/c1-2-6-4-5-8-9(7(6)3-1)11-12-10-8;1-2-4-5-3-1/h4-5H,1-3H2,(H,10,11,12);1-3H. The van der Waals surface area contributed by atoms with Crippen LogP contribution in [0.2, 0.25) is 0 Å². The first kappa shape index (κ1) is 10.0. The van der Waals surface area contributed by atoms with Crippen molar-refractivity contribution >= 4 is 11.0 Å². The van der Waals surface area contributed by atoms with Crippen molar-refractivity contribution in [2.45, 2.75) is 19.3 Å². The van der Waals surface area contributed by atoms with Gasteiger partial charge < -0.3 is 4.52 Å². The third-order valence-corrected chi connectivity index (χ3v) is 2.91. The smallest absolute Gasteiger partial charge is 0.123 e. The van der Waals surface area contributed by atoms with Gasteiger partial charge in [-0.2, -0.15) is 15.4 Å². The number of nitrogens with one attached hydrogen (secondary N) is 1. The fraction of sp³-hybridized carbons (Fsp3) is 0.250. The molecule has 3 aromatic rings. The molecule has 0 unspecified atom stereocenters. The van der Waals surface area contributed by atoms with Gasteiger partial charge in [-0.3, -0.25) is 0 Å². The molecule has 2 heterocycles. The van der Waals surface area contributed by atoms with E-state index in [1.54, 1.807) is 12.3 Å². The minimum atomic E-state index is 0.996. The number of H-pyrrole nitrogens is 1. The molecule has 0 atom stereocenters. The molecule has 2 aromatic heterocycles. The summed E-state index contributed by atoms with van der Waals surface area (Å²) in [4.78, 5) is 0. The highest BCUT2D eigenvalue weighted by Gasteiger charge is 2.15. The van der Waals surface area contributed by atoms with Crippen molar-refractivity contribution in [3.05, 3.63) is 41.8 Å². The second-order valence-corrected chi connectivity index (χ2v) is 3.94. The lowest BCUT2D eigenvalue weighted by atomic mass is 10.1. The number of benzene rings is 1. The second kappa shape index (κ2) is 4.37. The SMILES string of the molecule is c1cc2n[nH]nc2c2c1CCC2.c1cnoc1. The molecule has 0 radical (unpaired) electrons. The van der Waals surface area contributed by atoms with Crippen molar-refractivity contribution in [3.8, 4) is 0 Å². The molecule has 1 N–H and O–H groups in total. The summed E-state index contributed by atoms with van der Waals surface area (Å²) < 4.78 is 4.33. The van der Waals surface area contributed by atoms with Crippen LogP contribution in [0.4, 0.5) is 0 Å². The van der Waals surface area contributed by atoms with Crippen LogP contribution in [0.3, 0.4) is 0 Å². The van der Waals surface area contributed by atoms with E-state index in [9.17, 15) is 0 Å². The monoisotopic (exact) mass is 228 g/mol. The topological polar surface area (TPSA) is 67.6 Å². The number of nitrogens with zero attached hydrogens (tertiary/aromatic N) is 3. The minimum Gasteiger partial charge on any atom is -0.365 e. The zero-order valence-electron chi connectivity index (χ0n) is 9.26. The maximum absolute atomic E-state index is 4.33. The Labute approximate surface area is 97.8 Å². The van der Waals surface area contributed by atoms with Crippen LogP contribution >= 0.6 is 0 Å². The molecule has 0 amide bonds. The minimum absolute atomic E-state index is 0.996. The van der Waals surface area contributed by atoms with Crippen molar-refractivity contribution in [1.82, 2.24) is 20.6 Å². The summed E-state index contributed by atoms with van der Waals surface area (Å²) in [5.74, 6) is 0. The van der Waals surface area contributed by atoms with E-state index in [-0.39, 0.29) is 0 Å². The van der Waals surface area contributed by atoms with Gasteiger partial charge in [-0.1, -0.05) is 11.2 Å². The maximum Gasteiger partial charge on any atom is 0.123 e. The Hall–Kier alpha value is -2.17. The highest BCUT2D eigenvalue weighted by atomic mass is 16.5. The lowest BCUT2D eigenvalue weighted by Gasteiger charge is -1.96. The van der Waals surface area contributed by atoms with Crippen LogP contribution < -0.4 is 0 Å². The molecule has 1 aliphatic carbocycles. The lowest BCUT2D eigenvalue weighted by molar-refractivity contribution is 0.420. The van der Waals surface area contributed by atoms with Crippen LogP contribution in [0, 0.1) is 0 Å². The lowest BCUT2D eigenvalue weighted by Crippen LogP contribution is -1.83. The van der Waals surface area contributed by atoms with Gasteiger partial charge in [0.15, 0.2) is 0 Å². The van der Waals surface area contributed by atoms with E-state index in [0.29, 0.717) is 0 Å². The molecule has 1 aliphatic rings. The van der Waals surface area contributed by atoms with Crippen LogP contribution in [0.15, 0.2) is 35.2 Å². The molecule has 17 heavy (non-hydrogen) atoms. The summed E-state index contributed by atoms with van der Waals surface area (Å²) in [6.45, 7) is 0. The molecule has 5 heteroatoms. The van der Waals surface area contributed by atoms with Gasteiger partial charge >= 0.3 is 0 Å². The average Bonchev–Trinajstić information content (AvgIpc) is 3.12. The first-order valence-electron chi connectivity index (χ1n) is 5.61. The molecule has 86 valence electrons. The number of aryl methyl sites for hydroxylation is 2. The van der Waals surface area contributed by atoms with Gasteiger partial charge in [-0.05, 0) is 42.5 Å². The Bertz CT molecular complexity index is 583. The molecule has 0 saturated heterocycles. The predicted molar refractivity (Wildman–Crippen MR) is 62.4 cm³/mol. The maximum atomic E-state index is 4.33. The van der Waals surface area contributed by atoms with Crippen molar-refractivity contribution in [2.24, 2.45) is 0 Å². The van der Waals surface area contributed by atoms with Crippen molar-refractivity contribution in [1.29, 1.82) is 0 Å². The van der Waals surface area contributed by atoms with Gasteiger partial charge in [-0.25, -0.2) is 0 Å². The van der Waals surface area contributed by atoms with Gasteiger partial charge in [0.25, 0.3) is 0 Å². The summed E-state index contributed by atoms with van der Waals surface area (Å²) >= 11 is 0. The Morgan fingerprint density at radius 1 is 1.18 bits per heavy atom. The number of fused-ring (bicyclic) bond motifs is 3. The molecule has 4 rings (SSSR count). The van der Waals surface area contributed by atoms with Gasteiger partial charge in [0, 0.05) is 0 Å². The van der Waals surface area contributed by atoms with E-state index in [1.165, 1.54) is 36.7 Å². The zero-order valence-corrected chi connectivity index (χ0v) is 9.26. The van der Waals surface area contributed by atoms with Crippen LogP contribution in [-0.2, 0) is 12.8 Å². The number of hydrogen-bond donors (Lipinski definition) is 1. The quantitative estimate of drug-likeness (QED) is 0.640. The van der Waals surface area contributed by atoms with E-state index < -0.39 is 0 Å². The second-order valence-electron chi connectivity index (χ2n) is 3.94. The molecule has 5 nitrogen and oxygen atoms in total. The molecular formula is C12H12N4O. The van der Waals surface area contributed by atoms with Gasteiger partial charge in [0.05, 0.1) is 6.20 Å². The molecule has 0 aliphatic heterocycles. The number of rotatable bonds is 0. The first-order valence-corrected chi connectivity index (χ1v) is 5.61. The fourth-order valence-corrected chi connectivity index (χ4v) is 2.15. The summed E-state index contributed by atoms with van der Waals surface area (Å²) in [6, 6.07) is 5.94. The zero-order chi connectivity index (χ0) is 11.5. The predicted octanol–water partition coefficient (Wildman–Crippen LogP) is 2.12. The van der Waals surface area contributed by atoms with Crippen LogP contribution in [-0.4, -0.2) is 20.6 Å². The van der Waals surface area contributed by atoms with E-state index >= 15 is 0 Å². The number of aromatic nitrogens is 4. The summed E-state index contributed by atoms with van der Waals surface area (Å²) in [7, 11) is 0. The fourth-order valence-electron chi connectivity index (χ4n) is 2.15. The molecule has 0 spiro atoms. The van der Waals surface area contributed by atoms with Gasteiger partial charge in [0.1, 0.15) is 17.3 Å². The molecule has 0 bridgehead atoms. The normalized spacial score (nSPS) is 13.2. The average molecular weight is 228 g/mol. The summed E-state index contributed by atoms with van der Waals surface area (Å²) in [5, 5.41) is 14.2. The third kappa shape index (κ3) is 1.91. The Balaban J connectivity index is 0.000000153. The Morgan fingerprint density at radius 2 is 2.18 bits per heavy atom. The first-order chi connectivity index (χ1) is 8.45. The van der Waals surface area contributed by atoms with Crippen LogP contribution in [0.5, 0.6) is 0 Å². The molecular weight excluding hydrogens is 216 g/mol. The molecule has 0 fully saturated rings. The van der Waals surface area contributed by atoms with Crippen LogP contribution in [0.1, 0.15) is 17.5 Å². The van der Waals surface area contributed by atoms with Gasteiger partial charge in [-0.15, -0.1) is 0 Å². The number of hydrogen-bond acceptors (Lipinski definition) is 4. The van der Waals surface area contributed by atoms with E-state index in [1.807, 2.05) is 6.07 Å². The highest BCUT2D eigenvalue weighted by Crippen LogP contribution is 2.26. The van der Waals surface area contributed by atoms with Crippen molar-refractivity contribution in [3.63, 3.8) is 0 Å². The van der Waals surface area contributed by atoms with Gasteiger partial charge in [0.2, 0.25) is 0 Å². The summed E-state index contributed by atoms with van der Waals surface area (Å²) in [5.41, 5.74) is 4.93. The van der Waals surface area contributed by atoms with E-state index in [4.69, 9.17) is 0 Å². The third-order valence-electron chi connectivity index (χ3n) is 2.91. The number of aromatic amines is 1. The van der Waals surface area contributed by atoms with Crippen molar-refractivity contribution in [2.75, 3.05) is 0 Å². The molecule has 0 saturated carbocycles. The Morgan fingerprint density at radius 3 is 2.94 bits per heavy atom. The van der Waals surface area contributed by atoms with Crippen LogP contribution in [0.25, 0.3) is 11.0 Å². The highest BCUT2D eigenvalue weighted by molar-refractivity contribution is 5.79.